The molecule has 2 aliphatic rings. The van der Waals surface area contributed by atoms with Gasteiger partial charge in [0.25, 0.3) is 0 Å². The second kappa shape index (κ2) is 3.35. The van der Waals surface area contributed by atoms with E-state index < -0.39 is 0 Å². The summed E-state index contributed by atoms with van der Waals surface area (Å²) in [6.45, 7) is 0.784. The van der Waals surface area contributed by atoms with Crippen molar-refractivity contribution in [3.05, 3.63) is 0 Å². The summed E-state index contributed by atoms with van der Waals surface area (Å²) in [7, 11) is 0. The van der Waals surface area contributed by atoms with Gasteiger partial charge in [-0.25, -0.2) is 0 Å². The zero-order valence-electron chi connectivity index (χ0n) is 7.72. The van der Waals surface area contributed by atoms with Gasteiger partial charge in [-0.15, -0.1) is 0 Å². The summed E-state index contributed by atoms with van der Waals surface area (Å²) in [4.78, 5) is 0. The third-order valence-electron chi connectivity index (χ3n) is 3.33. The number of hydrogen-bond acceptors (Lipinski definition) is 2. The van der Waals surface area contributed by atoms with Crippen LogP contribution in [0, 0.1) is 0 Å². The van der Waals surface area contributed by atoms with Crippen LogP contribution in [0.2, 0.25) is 0 Å². The van der Waals surface area contributed by atoms with E-state index in [1.807, 2.05) is 0 Å². The van der Waals surface area contributed by atoms with Crippen molar-refractivity contribution in [3.8, 4) is 0 Å². The summed E-state index contributed by atoms with van der Waals surface area (Å²) in [6.07, 6.45) is 9.43. The zero-order chi connectivity index (χ0) is 8.44. The Kier molecular flexibility index (Phi) is 2.37. The van der Waals surface area contributed by atoms with Crippen LogP contribution in [0.5, 0.6) is 0 Å². The average Bonchev–Trinajstić information content (AvgIpc) is 1.91. The van der Waals surface area contributed by atoms with Gasteiger partial charge in [0.15, 0.2) is 0 Å². The van der Waals surface area contributed by atoms with Crippen molar-refractivity contribution in [2.45, 2.75) is 56.7 Å². The first-order valence-electron chi connectivity index (χ1n) is 5.23. The van der Waals surface area contributed by atoms with Gasteiger partial charge >= 0.3 is 0 Å². The monoisotopic (exact) mass is 169 g/mol. The highest BCUT2D eigenvalue weighted by atomic mass is 16.5. The van der Waals surface area contributed by atoms with E-state index in [4.69, 9.17) is 10.5 Å². The van der Waals surface area contributed by atoms with Crippen molar-refractivity contribution < 1.29 is 4.74 Å². The third kappa shape index (κ3) is 1.50. The number of hydrogen-bond donors (Lipinski definition) is 1. The van der Waals surface area contributed by atoms with Crippen LogP contribution >= 0.6 is 0 Å². The minimum Gasteiger partial charge on any atom is -0.372 e. The maximum absolute atomic E-state index is 6.07. The van der Waals surface area contributed by atoms with Gasteiger partial charge in [0.2, 0.25) is 0 Å². The lowest BCUT2D eigenvalue weighted by Crippen LogP contribution is -2.46. The van der Waals surface area contributed by atoms with Crippen LogP contribution in [0.3, 0.4) is 0 Å². The molecule has 2 nitrogen and oxygen atoms in total. The van der Waals surface area contributed by atoms with Crippen LogP contribution in [-0.4, -0.2) is 18.2 Å². The molecule has 12 heavy (non-hydrogen) atoms. The third-order valence-corrected chi connectivity index (χ3v) is 3.33. The molecule has 0 saturated heterocycles. The highest BCUT2D eigenvalue weighted by Crippen LogP contribution is 2.41. The standard InChI is InChI=1S/C10H19NO/c11-8-7-10(5-2-6-10)12-9-3-1-4-9/h9H,1-8,11H2. The fourth-order valence-electron chi connectivity index (χ4n) is 2.10. The van der Waals surface area contributed by atoms with Crippen LogP contribution in [0.25, 0.3) is 0 Å². The largest absolute Gasteiger partial charge is 0.372 e. The Hall–Kier alpha value is -0.0800. The molecule has 0 amide bonds. The zero-order valence-corrected chi connectivity index (χ0v) is 7.72. The van der Waals surface area contributed by atoms with Crippen LogP contribution in [0.15, 0.2) is 0 Å². The Morgan fingerprint density at radius 1 is 1.25 bits per heavy atom. The first-order chi connectivity index (χ1) is 5.85. The first kappa shape index (κ1) is 8.52. The van der Waals surface area contributed by atoms with E-state index >= 15 is 0 Å². The van der Waals surface area contributed by atoms with Gasteiger partial charge in [-0.2, -0.15) is 0 Å². The van der Waals surface area contributed by atoms with E-state index in [1.54, 1.807) is 0 Å². The molecule has 70 valence electrons. The molecule has 0 aliphatic heterocycles. The van der Waals surface area contributed by atoms with E-state index in [9.17, 15) is 0 Å². The molecule has 2 aliphatic carbocycles. The van der Waals surface area contributed by atoms with Crippen molar-refractivity contribution in [1.29, 1.82) is 0 Å². The Morgan fingerprint density at radius 2 is 2.00 bits per heavy atom. The van der Waals surface area contributed by atoms with Gasteiger partial charge in [0, 0.05) is 0 Å². The summed E-state index contributed by atoms with van der Waals surface area (Å²) in [5.74, 6) is 0. The summed E-state index contributed by atoms with van der Waals surface area (Å²) < 4.78 is 6.07. The predicted octanol–water partition coefficient (Wildman–Crippen LogP) is 1.83. The molecule has 0 aromatic carbocycles. The van der Waals surface area contributed by atoms with Gasteiger partial charge in [-0.05, 0) is 51.5 Å². The van der Waals surface area contributed by atoms with E-state index in [0.717, 1.165) is 13.0 Å². The fourth-order valence-corrected chi connectivity index (χ4v) is 2.10. The summed E-state index contributed by atoms with van der Waals surface area (Å²) in [6, 6.07) is 0. The molecule has 2 heteroatoms. The van der Waals surface area contributed by atoms with E-state index in [1.165, 1.54) is 38.5 Å². The minimum absolute atomic E-state index is 0.222. The predicted molar refractivity (Wildman–Crippen MR) is 49.0 cm³/mol. The molecule has 0 bridgehead atoms. The smallest absolute Gasteiger partial charge is 0.0698 e. The van der Waals surface area contributed by atoms with Gasteiger partial charge in [-0.3, -0.25) is 0 Å². The summed E-state index contributed by atoms with van der Waals surface area (Å²) in [5.41, 5.74) is 5.80. The molecule has 0 atom stereocenters. The van der Waals surface area contributed by atoms with Crippen LogP contribution < -0.4 is 5.73 Å². The van der Waals surface area contributed by atoms with Gasteiger partial charge in [0.1, 0.15) is 0 Å². The first-order valence-corrected chi connectivity index (χ1v) is 5.23. The van der Waals surface area contributed by atoms with Crippen LogP contribution in [0.1, 0.15) is 44.9 Å². The molecule has 0 aromatic rings. The van der Waals surface area contributed by atoms with Crippen molar-refractivity contribution in [2.75, 3.05) is 6.54 Å². The van der Waals surface area contributed by atoms with Crippen molar-refractivity contribution in [1.82, 2.24) is 0 Å². The topological polar surface area (TPSA) is 35.2 Å². The second-order valence-corrected chi connectivity index (χ2v) is 4.25. The van der Waals surface area contributed by atoms with E-state index in [2.05, 4.69) is 0 Å². The average molecular weight is 169 g/mol. The van der Waals surface area contributed by atoms with Gasteiger partial charge in [0.05, 0.1) is 11.7 Å². The lowest BCUT2D eigenvalue weighted by molar-refractivity contribution is -0.163. The number of nitrogens with two attached hydrogens (primary N) is 1. The van der Waals surface area contributed by atoms with E-state index in [0.29, 0.717) is 6.10 Å². The molecule has 0 radical (unpaired) electrons. The normalized spacial score (nSPS) is 27.8. The Morgan fingerprint density at radius 3 is 2.33 bits per heavy atom. The molecule has 0 spiro atoms. The molecule has 2 saturated carbocycles. The molecular weight excluding hydrogens is 150 g/mol. The van der Waals surface area contributed by atoms with Crippen molar-refractivity contribution in [3.63, 3.8) is 0 Å². The SMILES string of the molecule is NCCC1(OC2CCC2)CCC1. The highest BCUT2D eigenvalue weighted by Gasteiger charge is 2.40. The lowest BCUT2D eigenvalue weighted by atomic mass is 9.77. The lowest BCUT2D eigenvalue weighted by Gasteiger charge is -2.46. The highest BCUT2D eigenvalue weighted by molar-refractivity contribution is 4.92. The molecule has 2 fully saturated rings. The number of rotatable bonds is 4. The van der Waals surface area contributed by atoms with Crippen LogP contribution in [-0.2, 0) is 4.74 Å². The summed E-state index contributed by atoms with van der Waals surface area (Å²) in [5, 5.41) is 0. The minimum atomic E-state index is 0.222. The second-order valence-electron chi connectivity index (χ2n) is 4.25. The molecule has 0 heterocycles. The molecule has 0 unspecified atom stereocenters. The molecule has 2 rings (SSSR count). The summed E-state index contributed by atoms with van der Waals surface area (Å²) >= 11 is 0. The molecule has 2 N–H and O–H groups in total. The molecular formula is C10H19NO. The Labute approximate surface area is 74.5 Å². The molecule has 0 aromatic heterocycles. The van der Waals surface area contributed by atoms with Crippen molar-refractivity contribution >= 4 is 0 Å². The maximum Gasteiger partial charge on any atom is 0.0698 e. The number of ether oxygens (including phenoxy) is 1. The fraction of sp³-hybridized carbons (Fsp3) is 1.00. The quantitative estimate of drug-likeness (QED) is 0.696. The van der Waals surface area contributed by atoms with Crippen molar-refractivity contribution in [2.24, 2.45) is 5.73 Å². The van der Waals surface area contributed by atoms with Crippen LogP contribution in [0.4, 0.5) is 0 Å². The Balaban J connectivity index is 1.80. The van der Waals surface area contributed by atoms with Gasteiger partial charge < -0.3 is 10.5 Å². The Bertz CT molecular complexity index is 150. The van der Waals surface area contributed by atoms with Gasteiger partial charge in [-0.1, -0.05) is 0 Å². The van der Waals surface area contributed by atoms with E-state index in [-0.39, 0.29) is 5.60 Å². The maximum atomic E-state index is 6.07.